The Bertz CT molecular complexity index is 367. The minimum atomic E-state index is -1.62. The van der Waals surface area contributed by atoms with Gasteiger partial charge in [-0.3, -0.25) is 4.79 Å². The Balaban J connectivity index is 2.86. The average Bonchev–Trinajstić information content (AvgIpc) is 2.28. The number of primary amides is 1. The van der Waals surface area contributed by atoms with Crippen molar-refractivity contribution in [1.82, 2.24) is 0 Å². The maximum Gasteiger partial charge on any atom is 0.249 e. The quantitative estimate of drug-likeness (QED) is 0.521. The second kappa shape index (κ2) is 5.60. The van der Waals surface area contributed by atoms with E-state index < -0.39 is 18.1 Å². The maximum atomic E-state index is 10.7. The molecule has 2 atom stereocenters. The Morgan fingerprint density at radius 1 is 1.38 bits per heavy atom. The molecule has 1 rings (SSSR count). The lowest BCUT2D eigenvalue weighted by Gasteiger charge is -2.15. The lowest BCUT2D eigenvalue weighted by Crippen LogP contribution is -2.33. The second-order valence-electron chi connectivity index (χ2n) is 3.51. The number of aliphatic hydroxyl groups excluding tert-OH is 3. The van der Waals surface area contributed by atoms with Crippen molar-refractivity contribution in [2.45, 2.75) is 18.6 Å². The van der Waals surface area contributed by atoms with Gasteiger partial charge in [0.15, 0.2) is 6.10 Å². The van der Waals surface area contributed by atoms with E-state index in [9.17, 15) is 15.0 Å². The third kappa shape index (κ3) is 3.03. The normalized spacial score (nSPS) is 14.4. The SMILES string of the molecule is NC(=O)C(O)C(O)c1cccc(CCO)c1. The molecule has 88 valence electrons. The molecular formula is C11H15NO4. The fourth-order valence-electron chi connectivity index (χ4n) is 1.40. The predicted octanol–water partition coefficient (Wildman–Crippen LogP) is -0.899. The van der Waals surface area contributed by atoms with E-state index in [2.05, 4.69) is 0 Å². The van der Waals surface area contributed by atoms with Crippen LogP contribution in [0.3, 0.4) is 0 Å². The van der Waals surface area contributed by atoms with Gasteiger partial charge in [-0.25, -0.2) is 0 Å². The molecule has 5 N–H and O–H groups in total. The van der Waals surface area contributed by atoms with E-state index in [-0.39, 0.29) is 6.61 Å². The van der Waals surface area contributed by atoms with Crippen LogP contribution in [-0.2, 0) is 11.2 Å². The largest absolute Gasteiger partial charge is 0.396 e. The lowest BCUT2D eigenvalue weighted by atomic mass is 10.0. The summed E-state index contributed by atoms with van der Waals surface area (Å²) in [6.07, 6.45) is -2.51. The molecule has 16 heavy (non-hydrogen) atoms. The van der Waals surface area contributed by atoms with Crippen LogP contribution >= 0.6 is 0 Å². The first-order valence-corrected chi connectivity index (χ1v) is 4.91. The molecule has 0 saturated carbocycles. The summed E-state index contributed by atoms with van der Waals surface area (Å²) in [4.78, 5) is 10.7. The van der Waals surface area contributed by atoms with E-state index in [1.807, 2.05) is 0 Å². The summed E-state index contributed by atoms with van der Waals surface area (Å²) in [5.74, 6) is -0.972. The summed E-state index contributed by atoms with van der Waals surface area (Å²) in [5, 5.41) is 27.7. The molecule has 0 aromatic heterocycles. The van der Waals surface area contributed by atoms with E-state index >= 15 is 0 Å². The highest BCUT2D eigenvalue weighted by Gasteiger charge is 2.23. The molecule has 0 aliphatic heterocycles. The van der Waals surface area contributed by atoms with Gasteiger partial charge in [0.05, 0.1) is 0 Å². The summed E-state index contributed by atoms with van der Waals surface area (Å²) in [5.41, 5.74) is 6.10. The number of carbonyl (C=O) groups is 1. The number of hydrogen-bond donors (Lipinski definition) is 4. The van der Waals surface area contributed by atoms with Gasteiger partial charge in [-0.1, -0.05) is 24.3 Å². The fourth-order valence-corrected chi connectivity index (χ4v) is 1.40. The van der Waals surface area contributed by atoms with Crippen LogP contribution in [0.5, 0.6) is 0 Å². The summed E-state index contributed by atoms with van der Waals surface area (Å²) >= 11 is 0. The molecule has 0 radical (unpaired) electrons. The summed E-state index contributed by atoms with van der Waals surface area (Å²) < 4.78 is 0. The van der Waals surface area contributed by atoms with E-state index in [0.29, 0.717) is 12.0 Å². The molecule has 1 aromatic carbocycles. The lowest BCUT2D eigenvalue weighted by molar-refractivity contribution is -0.131. The molecule has 5 heteroatoms. The van der Waals surface area contributed by atoms with Crippen LogP contribution in [0.2, 0.25) is 0 Å². The number of rotatable bonds is 5. The Kier molecular flexibility index (Phi) is 4.42. The van der Waals surface area contributed by atoms with E-state index in [1.54, 1.807) is 24.3 Å². The zero-order valence-corrected chi connectivity index (χ0v) is 8.71. The Labute approximate surface area is 93.1 Å². The first kappa shape index (κ1) is 12.6. The van der Waals surface area contributed by atoms with Gasteiger partial charge in [0.1, 0.15) is 6.10 Å². The van der Waals surface area contributed by atoms with Crippen molar-refractivity contribution in [3.63, 3.8) is 0 Å². The minimum absolute atomic E-state index is 0.00206. The molecular weight excluding hydrogens is 210 g/mol. The van der Waals surface area contributed by atoms with Gasteiger partial charge in [0, 0.05) is 6.61 Å². The molecule has 0 aliphatic rings. The topological polar surface area (TPSA) is 104 Å². The van der Waals surface area contributed by atoms with Crippen molar-refractivity contribution < 1.29 is 20.1 Å². The van der Waals surface area contributed by atoms with E-state index in [0.717, 1.165) is 5.56 Å². The highest BCUT2D eigenvalue weighted by molar-refractivity contribution is 5.79. The minimum Gasteiger partial charge on any atom is -0.396 e. The molecule has 1 amide bonds. The maximum absolute atomic E-state index is 10.7. The summed E-state index contributed by atoms with van der Waals surface area (Å²) in [7, 11) is 0. The molecule has 0 spiro atoms. The number of amides is 1. The van der Waals surface area contributed by atoms with Crippen molar-refractivity contribution in [2.24, 2.45) is 5.73 Å². The van der Waals surface area contributed by atoms with Crippen LogP contribution in [0.4, 0.5) is 0 Å². The van der Waals surface area contributed by atoms with Gasteiger partial charge in [0.25, 0.3) is 0 Å². The molecule has 1 aromatic rings. The van der Waals surface area contributed by atoms with Crippen LogP contribution in [0.15, 0.2) is 24.3 Å². The zero-order valence-electron chi connectivity index (χ0n) is 8.71. The molecule has 0 heterocycles. The predicted molar refractivity (Wildman–Crippen MR) is 57.4 cm³/mol. The summed E-state index contributed by atoms with van der Waals surface area (Å²) in [6, 6.07) is 6.66. The number of benzene rings is 1. The first-order chi connectivity index (χ1) is 7.56. The molecule has 0 fully saturated rings. The molecule has 0 aliphatic carbocycles. The third-order valence-electron chi connectivity index (χ3n) is 2.28. The van der Waals surface area contributed by atoms with Crippen LogP contribution in [-0.4, -0.2) is 33.9 Å². The van der Waals surface area contributed by atoms with E-state index in [4.69, 9.17) is 10.8 Å². The molecule has 2 unspecified atom stereocenters. The smallest absolute Gasteiger partial charge is 0.249 e. The highest BCUT2D eigenvalue weighted by atomic mass is 16.3. The van der Waals surface area contributed by atoms with Crippen molar-refractivity contribution in [2.75, 3.05) is 6.61 Å². The summed E-state index contributed by atoms with van der Waals surface area (Å²) in [6.45, 7) is -0.00206. The van der Waals surface area contributed by atoms with E-state index in [1.165, 1.54) is 0 Å². The van der Waals surface area contributed by atoms with Crippen molar-refractivity contribution >= 4 is 5.91 Å². The van der Waals surface area contributed by atoms with Crippen molar-refractivity contribution in [1.29, 1.82) is 0 Å². The fraction of sp³-hybridized carbons (Fsp3) is 0.364. The number of nitrogens with two attached hydrogens (primary N) is 1. The Morgan fingerprint density at radius 2 is 2.06 bits per heavy atom. The van der Waals surface area contributed by atoms with Crippen LogP contribution in [0.25, 0.3) is 0 Å². The highest BCUT2D eigenvalue weighted by Crippen LogP contribution is 2.18. The first-order valence-electron chi connectivity index (χ1n) is 4.91. The number of hydrogen-bond acceptors (Lipinski definition) is 4. The van der Waals surface area contributed by atoms with Crippen LogP contribution in [0, 0.1) is 0 Å². The molecule has 0 bridgehead atoms. The number of aliphatic hydroxyl groups is 3. The van der Waals surface area contributed by atoms with Crippen molar-refractivity contribution in [3.8, 4) is 0 Å². The monoisotopic (exact) mass is 225 g/mol. The van der Waals surface area contributed by atoms with Crippen LogP contribution in [0.1, 0.15) is 17.2 Å². The third-order valence-corrected chi connectivity index (χ3v) is 2.28. The van der Waals surface area contributed by atoms with Gasteiger partial charge < -0.3 is 21.1 Å². The van der Waals surface area contributed by atoms with Gasteiger partial charge in [-0.05, 0) is 17.5 Å². The van der Waals surface area contributed by atoms with Gasteiger partial charge in [0.2, 0.25) is 5.91 Å². The Morgan fingerprint density at radius 3 is 2.62 bits per heavy atom. The Hall–Kier alpha value is -1.43. The molecule has 5 nitrogen and oxygen atoms in total. The van der Waals surface area contributed by atoms with Gasteiger partial charge >= 0.3 is 0 Å². The standard InChI is InChI=1S/C11H15NO4/c12-11(16)10(15)9(14)8-3-1-2-7(6-8)4-5-13/h1-3,6,9-10,13-15H,4-5H2,(H2,12,16). The van der Waals surface area contributed by atoms with Gasteiger partial charge in [-0.2, -0.15) is 0 Å². The van der Waals surface area contributed by atoms with Gasteiger partial charge in [-0.15, -0.1) is 0 Å². The molecule has 0 saturated heterocycles. The van der Waals surface area contributed by atoms with Crippen molar-refractivity contribution in [3.05, 3.63) is 35.4 Å². The number of carbonyl (C=O) groups excluding carboxylic acids is 1. The zero-order chi connectivity index (χ0) is 12.1. The average molecular weight is 225 g/mol. The van der Waals surface area contributed by atoms with Crippen LogP contribution < -0.4 is 5.73 Å². The second-order valence-corrected chi connectivity index (χ2v) is 3.51.